The molecule has 3 aromatic rings. The van der Waals surface area contributed by atoms with E-state index in [-0.39, 0.29) is 43.3 Å². The SMILES string of the molecule is O=C(/C=C/c1ccc(COc2c(Cl)c(Cl)c(Cl)c(Cl)c2Cl)o1)c1ccc2c(c1)OCCO2. The fourth-order valence-corrected chi connectivity index (χ4v) is 4.10. The zero-order valence-electron chi connectivity index (χ0n) is 16.1. The second-order valence-electron chi connectivity index (χ2n) is 6.55. The molecule has 0 radical (unpaired) electrons. The first-order chi connectivity index (χ1) is 15.3. The summed E-state index contributed by atoms with van der Waals surface area (Å²) in [7, 11) is 0. The molecule has 0 saturated heterocycles. The van der Waals surface area contributed by atoms with Crippen molar-refractivity contribution in [1.82, 2.24) is 0 Å². The Bertz CT molecular complexity index is 1190. The van der Waals surface area contributed by atoms with E-state index in [4.69, 9.17) is 76.6 Å². The molecule has 0 bridgehead atoms. The predicted octanol–water partition coefficient (Wildman–Crippen LogP) is 7.79. The second-order valence-corrected chi connectivity index (χ2v) is 8.44. The van der Waals surface area contributed by atoms with Crippen LogP contribution in [0, 0.1) is 0 Å². The molecule has 0 atom stereocenters. The number of rotatable bonds is 6. The van der Waals surface area contributed by atoms with Crippen molar-refractivity contribution >= 4 is 69.9 Å². The highest BCUT2D eigenvalue weighted by Gasteiger charge is 2.21. The van der Waals surface area contributed by atoms with Gasteiger partial charge in [-0.2, -0.15) is 0 Å². The summed E-state index contributed by atoms with van der Waals surface area (Å²) in [5, 5.41) is 0.214. The van der Waals surface area contributed by atoms with Gasteiger partial charge in [0.15, 0.2) is 23.0 Å². The van der Waals surface area contributed by atoms with Crippen LogP contribution in [0.3, 0.4) is 0 Å². The topological polar surface area (TPSA) is 57.9 Å². The van der Waals surface area contributed by atoms with E-state index in [1.165, 1.54) is 6.08 Å². The van der Waals surface area contributed by atoms with Crippen LogP contribution in [0.4, 0.5) is 0 Å². The van der Waals surface area contributed by atoms with Gasteiger partial charge in [0.2, 0.25) is 0 Å². The first-order valence-electron chi connectivity index (χ1n) is 9.20. The molecule has 166 valence electrons. The lowest BCUT2D eigenvalue weighted by Gasteiger charge is -2.18. The maximum absolute atomic E-state index is 12.5. The van der Waals surface area contributed by atoms with Crippen LogP contribution in [0.2, 0.25) is 25.1 Å². The van der Waals surface area contributed by atoms with Gasteiger partial charge in [-0.1, -0.05) is 58.0 Å². The summed E-state index contributed by atoms with van der Waals surface area (Å²) < 4.78 is 22.3. The molecule has 5 nitrogen and oxygen atoms in total. The predicted molar refractivity (Wildman–Crippen MR) is 125 cm³/mol. The van der Waals surface area contributed by atoms with Crippen LogP contribution < -0.4 is 14.2 Å². The maximum Gasteiger partial charge on any atom is 0.186 e. The van der Waals surface area contributed by atoms with E-state index in [9.17, 15) is 4.79 Å². The molecule has 4 rings (SSSR count). The van der Waals surface area contributed by atoms with Crippen molar-refractivity contribution in [3.8, 4) is 17.2 Å². The van der Waals surface area contributed by atoms with Gasteiger partial charge in [0, 0.05) is 5.56 Å². The lowest BCUT2D eigenvalue weighted by Crippen LogP contribution is -2.15. The summed E-state index contributed by atoms with van der Waals surface area (Å²) in [6, 6.07) is 8.42. The van der Waals surface area contributed by atoms with Crippen LogP contribution in [0.5, 0.6) is 17.2 Å². The van der Waals surface area contributed by atoms with Crippen molar-refractivity contribution in [2.45, 2.75) is 6.61 Å². The molecule has 32 heavy (non-hydrogen) atoms. The van der Waals surface area contributed by atoms with Gasteiger partial charge in [-0.25, -0.2) is 0 Å². The number of carbonyl (C=O) groups is 1. The molecule has 2 heterocycles. The third kappa shape index (κ3) is 4.82. The van der Waals surface area contributed by atoms with E-state index in [0.29, 0.717) is 41.8 Å². The molecule has 0 N–H and O–H groups in total. The Morgan fingerprint density at radius 1 is 0.875 bits per heavy atom. The standard InChI is InChI=1S/C22H13Cl5O5/c23-17-18(24)20(26)22(21(27)19(17)25)31-10-13-3-2-12(32-13)4-5-14(28)11-1-6-15-16(9-11)30-8-7-29-15/h1-6,9H,7-8,10H2/b5-4+. The summed E-state index contributed by atoms with van der Waals surface area (Å²) in [5.74, 6) is 1.98. The number of hydrogen-bond donors (Lipinski definition) is 0. The maximum atomic E-state index is 12.5. The van der Waals surface area contributed by atoms with E-state index < -0.39 is 0 Å². The van der Waals surface area contributed by atoms with Gasteiger partial charge in [0.1, 0.15) is 41.4 Å². The van der Waals surface area contributed by atoms with Crippen LogP contribution >= 0.6 is 58.0 Å². The molecule has 1 aliphatic rings. The van der Waals surface area contributed by atoms with Crippen molar-refractivity contribution < 1.29 is 23.4 Å². The number of ketones is 1. The molecule has 1 aliphatic heterocycles. The minimum atomic E-state index is -0.208. The Kier molecular flexibility index (Phi) is 7.13. The van der Waals surface area contributed by atoms with Crippen LogP contribution in [0.1, 0.15) is 21.9 Å². The average molecular weight is 535 g/mol. The van der Waals surface area contributed by atoms with E-state index in [1.807, 2.05) is 0 Å². The first kappa shape index (κ1) is 23.1. The van der Waals surface area contributed by atoms with E-state index in [2.05, 4.69) is 0 Å². The van der Waals surface area contributed by atoms with Gasteiger partial charge in [-0.05, 0) is 42.5 Å². The normalized spacial score (nSPS) is 12.9. The van der Waals surface area contributed by atoms with Gasteiger partial charge in [-0.3, -0.25) is 4.79 Å². The number of hydrogen-bond acceptors (Lipinski definition) is 5. The van der Waals surface area contributed by atoms with Crippen molar-refractivity contribution in [2.75, 3.05) is 13.2 Å². The quantitative estimate of drug-likeness (QED) is 0.140. The molecule has 0 fully saturated rings. The minimum Gasteiger partial charge on any atom is -0.486 e. The third-order valence-electron chi connectivity index (χ3n) is 4.44. The number of benzene rings is 2. The summed E-state index contributed by atoms with van der Waals surface area (Å²) >= 11 is 30.4. The molecule has 0 amide bonds. The average Bonchev–Trinajstić information content (AvgIpc) is 3.27. The van der Waals surface area contributed by atoms with Crippen LogP contribution in [-0.4, -0.2) is 19.0 Å². The zero-order valence-corrected chi connectivity index (χ0v) is 19.9. The molecule has 2 aromatic carbocycles. The number of carbonyl (C=O) groups excluding carboxylic acids is 1. The fraction of sp³-hybridized carbons (Fsp3) is 0.136. The smallest absolute Gasteiger partial charge is 0.186 e. The summed E-state index contributed by atoms with van der Waals surface area (Å²) in [5.41, 5.74) is 0.474. The van der Waals surface area contributed by atoms with Crippen molar-refractivity contribution in [3.63, 3.8) is 0 Å². The molecule has 0 unspecified atom stereocenters. The molecular formula is C22H13Cl5O5. The van der Waals surface area contributed by atoms with Gasteiger partial charge in [-0.15, -0.1) is 0 Å². The summed E-state index contributed by atoms with van der Waals surface area (Å²) in [4.78, 5) is 12.5. The number of fused-ring (bicyclic) bond motifs is 1. The monoisotopic (exact) mass is 532 g/mol. The molecule has 0 aliphatic carbocycles. The number of allylic oxidation sites excluding steroid dienone is 1. The molecule has 0 saturated carbocycles. The van der Waals surface area contributed by atoms with Crippen molar-refractivity contribution in [2.24, 2.45) is 0 Å². The van der Waals surface area contributed by atoms with E-state index >= 15 is 0 Å². The van der Waals surface area contributed by atoms with Gasteiger partial charge in [0.25, 0.3) is 0 Å². The lowest BCUT2D eigenvalue weighted by molar-refractivity contribution is 0.104. The Morgan fingerprint density at radius 3 is 2.25 bits per heavy atom. The Labute approximate surface area is 208 Å². The second kappa shape index (κ2) is 9.86. The minimum absolute atomic E-state index is 0.00230. The van der Waals surface area contributed by atoms with Crippen molar-refractivity contribution in [3.05, 3.63) is 78.6 Å². The highest BCUT2D eigenvalue weighted by molar-refractivity contribution is 6.55. The van der Waals surface area contributed by atoms with Crippen LogP contribution in [0.25, 0.3) is 6.08 Å². The number of furan rings is 1. The largest absolute Gasteiger partial charge is 0.486 e. The Morgan fingerprint density at radius 2 is 1.53 bits per heavy atom. The summed E-state index contributed by atoms with van der Waals surface area (Å²) in [6.45, 7) is 0.932. The highest BCUT2D eigenvalue weighted by Crippen LogP contribution is 2.48. The van der Waals surface area contributed by atoms with Crippen molar-refractivity contribution in [1.29, 1.82) is 0 Å². The highest BCUT2D eigenvalue weighted by atomic mass is 35.5. The summed E-state index contributed by atoms with van der Waals surface area (Å²) in [6.07, 6.45) is 2.96. The van der Waals surface area contributed by atoms with Crippen LogP contribution in [0.15, 0.2) is 40.8 Å². The molecular weight excluding hydrogens is 522 g/mol. The fourth-order valence-electron chi connectivity index (χ4n) is 2.87. The number of halogens is 5. The van der Waals surface area contributed by atoms with Crippen LogP contribution in [-0.2, 0) is 6.61 Å². The Hall–Kier alpha value is -2.02. The first-order valence-corrected chi connectivity index (χ1v) is 11.1. The molecule has 1 aromatic heterocycles. The molecule has 0 spiro atoms. The van der Waals surface area contributed by atoms with E-state index in [1.54, 1.807) is 36.4 Å². The third-order valence-corrected chi connectivity index (χ3v) is 6.68. The van der Waals surface area contributed by atoms with E-state index in [0.717, 1.165) is 0 Å². The van der Waals surface area contributed by atoms with Gasteiger partial charge < -0.3 is 18.6 Å². The van der Waals surface area contributed by atoms with Gasteiger partial charge in [0.05, 0.1) is 15.1 Å². The number of ether oxygens (including phenoxy) is 3. The Balaban J connectivity index is 1.42. The van der Waals surface area contributed by atoms with Gasteiger partial charge >= 0.3 is 0 Å². The zero-order chi connectivity index (χ0) is 22.8. The lowest BCUT2D eigenvalue weighted by atomic mass is 10.1. The molecule has 10 heteroatoms.